The van der Waals surface area contributed by atoms with E-state index in [0.717, 1.165) is 18.2 Å². The first-order valence-corrected chi connectivity index (χ1v) is 9.84. The number of hydrogen-bond acceptors (Lipinski definition) is 6. The molecule has 4 rings (SSSR count). The Bertz CT molecular complexity index is 721. The lowest BCUT2D eigenvalue weighted by Crippen LogP contribution is -2.38. The second-order valence-corrected chi connectivity index (χ2v) is 7.41. The van der Waals surface area contributed by atoms with Crippen LogP contribution in [0.25, 0.3) is 0 Å². The van der Waals surface area contributed by atoms with Gasteiger partial charge in [-0.3, -0.25) is 0 Å². The number of rotatable bonds is 7. The zero-order chi connectivity index (χ0) is 20.7. The monoisotopic (exact) mass is 402 g/mol. The highest BCUT2D eigenvalue weighted by Gasteiger charge is 2.55. The SMILES string of the molecule is CC1(C)OC2OC(COCc3ccccc3)C(OCc3ccccc3)C2O1.CO. The first-order valence-electron chi connectivity index (χ1n) is 9.84. The molecule has 4 atom stereocenters. The molecule has 6 heteroatoms. The van der Waals surface area contributed by atoms with Gasteiger partial charge in [-0.25, -0.2) is 0 Å². The first kappa shape index (κ1) is 21.9. The van der Waals surface area contributed by atoms with Crippen LogP contribution in [0.5, 0.6) is 0 Å². The van der Waals surface area contributed by atoms with Crippen LogP contribution in [0.2, 0.25) is 0 Å². The normalized spacial score (nSPS) is 27.2. The van der Waals surface area contributed by atoms with Crippen LogP contribution in [-0.2, 0) is 36.9 Å². The van der Waals surface area contributed by atoms with Gasteiger partial charge in [-0.2, -0.15) is 0 Å². The molecule has 1 N–H and O–H groups in total. The lowest BCUT2D eigenvalue weighted by molar-refractivity contribution is -0.225. The van der Waals surface area contributed by atoms with Crippen molar-refractivity contribution in [2.24, 2.45) is 0 Å². The molecule has 2 aliphatic rings. The van der Waals surface area contributed by atoms with Crippen LogP contribution in [0.3, 0.4) is 0 Å². The Morgan fingerprint density at radius 3 is 2.07 bits per heavy atom. The van der Waals surface area contributed by atoms with Crippen LogP contribution >= 0.6 is 0 Å². The molecule has 0 radical (unpaired) electrons. The smallest absolute Gasteiger partial charge is 0.190 e. The highest BCUT2D eigenvalue weighted by atomic mass is 16.8. The van der Waals surface area contributed by atoms with Gasteiger partial charge >= 0.3 is 0 Å². The van der Waals surface area contributed by atoms with Crippen LogP contribution in [0, 0.1) is 0 Å². The van der Waals surface area contributed by atoms with E-state index in [1.54, 1.807) is 0 Å². The van der Waals surface area contributed by atoms with Crippen molar-refractivity contribution in [3.8, 4) is 0 Å². The van der Waals surface area contributed by atoms with Gasteiger partial charge in [0.2, 0.25) is 0 Å². The largest absolute Gasteiger partial charge is 0.400 e. The third kappa shape index (κ3) is 5.85. The fourth-order valence-electron chi connectivity index (χ4n) is 3.52. The summed E-state index contributed by atoms with van der Waals surface area (Å²) < 4.78 is 30.1. The number of aliphatic hydroxyl groups excluding tert-OH is 1. The van der Waals surface area contributed by atoms with Gasteiger partial charge in [0.05, 0.1) is 19.8 Å². The van der Waals surface area contributed by atoms with Crippen molar-refractivity contribution in [3.63, 3.8) is 0 Å². The Hall–Kier alpha value is -1.80. The highest BCUT2D eigenvalue weighted by Crippen LogP contribution is 2.39. The predicted molar refractivity (Wildman–Crippen MR) is 108 cm³/mol. The molecule has 29 heavy (non-hydrogen) atoms. The van der Waals surface area contributed by atoms with Crippen molar-refractivity contribution in [2.75, 3.05) is 13.7 Å². The maximum atomic E-state index is 7.00. The minimum absolute atomic E-state index is 0.233. The summed E-state index contributed by atoms with van der Waals surface area (Å²) in [7, 11) is 1.00. The van der Waals surface area contributed by atoms with Crippen LogP contribution in [-0.4, -0.2) is 49.2 Å². The molecular weight excluding hydrogens is 372 g/mol. The number of fused-ring (bicyclic) bond motifs is 1. The molecule has 0 saturated carbocycles. The number of hydrogen-bond donors (Lipinski definition) is 1. The van der Waals surface area contributed by atoms with E-state index < -0.39 is 12.1 Å². The van der Waals surface area contributed by atoms with Crippen LogP contribution in [0.1, 0.15) is 25.0 Å². The average molecular weight is 402 g/mol. The summed E-state index contributed by atoms with van der Waals surface area (Å²) in [6.45, 7) is 5.24. The van der Waals surface area contributed by atoms with Crippen molar-refractivity contribution in [1.82, 2.24) is 0 Å². The van der Waals surface area contributed by atoms with Crippen molar-refractivity contribution in [2.45, 2.75) is 57.5 Å². The summed E-state index contributed by atoms with van der Waals surface area (Å²) in [6.07, 6.45) is -1.16. The topological polar surface area (TPSA) is 66.4 Å². The zero-order valence-corrected chi connectivity index (χ0v) is 17.2. The van der Waals surface area contributed by atoms with E-state index in [1.807, 2.05) is 74.5 Å². The number of aliphatic hydroxyl groups is 1. The van der Waals surface area contributed by atoms with E-state index in [2.05, 4.69) is 0 Å². The van der Waals surface area contributed by atoms with Crippen molar-refractivity contribution in [1.29, 1.82) is 0 Å². The van der Waals surface area contributed by atoms with Crippen molar-refractivity contribution >= 4 is 0 Å². The molecule has 0 aromatic heterocycles. The van der Waals surface area contributed by atoms with Crippen molar-refractivity contribution < 1.29 is 28.8 Å². The van der Waals surface area contributed by atoms with Gasteiger partial charge in [-0.15, -0.1) is 0 Å². The summed E-state index contributed by atoms with van der Waals surface area (Å²) in [5.74, 6) is -0.667. The predicted octanol–water partition coefficient (Wildman–Crippen LogP) is 3.27. The third-order valence-corrected chi connectivity index (χ3v) is 4.77. The van der Waals surface area contributed by atoms with E-state index in [-0.39, 0.29) is 18.3 Å². The molecule has 4 unspecified atom stereocenters. The molecule has 158 valence electrons. The maximum absolute atomic E-state index is 7.00. The van der Waals surface area contributed by atoms with Gasteiger partial charge in [0.1, 0.15) is 18.3 Å². The summed E-state index contributed by atoms with van der Waals surface area (Å²) >= 11 is 0. The average Bonchev–Trinajstić information content (AvgIpc) is 3.20. The fourth-order valence-corrected chi connectivity index (χ4v) is 3.52. The highest BCUT2D eigenvalue weighted by molar-refractivity contribution is 5.14. The van der Waals surface area contributed by atoms with E-state index in [9.17, 15) is 0 Å². The Balaban J connectivity index is 0.00000117. The quantitative estimate of drug-likeness (QED) is 0.767. The molecule has 2 saturated heterocycles. The molecule has 2 aromatic carbocycles. The zero-order valence-electron chi connectivity index (χ0n) is 17.2. The summed E-state index contributed by atoms with van der Waals surface area (Å²) in [5.41, 5.74) is 2.24. The summed E-state index contributed by atoms with van der Waals surface area (Å²) in [4.78, 5) is 0. The first-order chi connectivity index (χ1) is 14.1. The second-order valence-electron chi connectivity index (χ2n) is 7.41. The number of benzene rings is 2. The van der Waals surface area contributed by atoms with Crippen LogP contribution < -0.4 is 0 Å². The fraction of sp³-hybridized carbons (Fsp3) is 0.478. The van der Waals surface area contributed by atoms with Gasteiger partial charge in [0.25, 0.3) is 0 Å². The van der Waals surface area contributed by atoms with Gasteiger partial charge in [-0.1, -0.05) is 60.7 Å². The molecule has 2 aliphatic heterocycles. The number of ether oxygens (including phenoxy) is 5. The molecule has 0 spiro atoms. The Morgan fingerprint density at radius 1 is 0.862 bits per heavy atom. The maximum Gasteiger partial charge on any atom is 0.190 e. The van der Waals surface area contributed by atoms with E-state index in [0.29, 0.717) is 19.8 Å². The molecule has 6 nitrogen and oxygen atoms in total. The molecule has 0 bridgehead atoms. The lowest BCUT2D eigenvalue weighted by Gasteiger charge is -2.26. The minimum atomic E-state index is -0.667. The minimum Gasteiger partial charge on any atom is -0.400 e. The van der Waals surface area contributed by atoms with Gasteiger partial charge in [0, 0.05) is 7.11 Å². The van der Waals surface area contributed by atoms with Gasteiger partial charge in [0.15, 0.2) is 12.1 Å². The van der Waals surface area contributed by atoms with Crippen molar-refractivity contribution in [3.05, 3.63) is 71.8 Å². The lowest BCUT2D eigenvalue weighted by atomic mass is 10.1. The Kier molecular flexibility index (Phi) is 7.77. The molecule has 0 amide bonds. The van der Waals surface area contributed by atoms with E-state index in [4.69, 9.17) is 28.8 Å². The Labute approximate surface area is 172 Å². The van der Waals surface area contributed by atoms with Crippen LogP contribution in [0.15, 0.2) is 60.7 Å². The van der Waals surface area contributed by atoms with E-state index >= 15 is 0 Å². The molecule has 2 fully saturated rings. The van der Waals surface area contributed by atoms with Gasteiger partial charge in [-0.05, 0) is 25.0 Å². The molecule has 0 aliphatic carbocycles. The third-order valence-electron chi connectivity index (χ3n) is 4.77. The summed E-state index contributed by atoms with van der Waals surface area (Å²) in [5, 5.41) is 7.00. The second kappa shape index (κ2) is 10.3. The van der Waals surface area contributed by atoms with E-state index in [1.165, 1.54) is 0 Å². The van der Waals surface area contributed by atoms with Gasteiger partial charge < -0.3 is 28.8 Å². The standard InChI is InChI=1S/C22H26O5.CH4O/c1-22(2)26-20-19(24-14-17-11-7-4-8-12-17)18(25-21(20)27-22)15-23-13-16-9-5-3-6-10-16;1-2/h3-12,18-21H,13-15H2,1-2H3;2H,1H3. The van der Waals surface area contributed by atoms with Crippen LogP contribution in [0.4, 0.5) is 0 Å². The molecule has 2 heterocycles. The molecular formula is C23H30O6. The molecule has 2 aromatic rings. The summed E-state index contributed by atoms with van der Waals surface area (Å²) in [6, 6.07) is 20.2. The Morgan fingerprint density at radius 2 is 1.45 bits per heavy atom.